The van der Waals surface area contributed by atoms with Crippen LogP contribution in [0.2, 0.25) is 0 Å². The van der Waals surface area contributed by atoms with Crippen molar-refractivity contribution >= 4 is 53.2 Å². The Bertz CT molecular complexity index is 2090. The van der Waals surface area contributed by atoms with Crippen molar-refractivity contribution in [2.45, 2.75) is 114 Å². The quantitative estimate of drug-likeness (QED) is 0.0454. The molecular weight excluding hydrogens is 885 g/mol. The van der Waals surface area contributed by atoms with Crippen molar-refractivity contribution in [3.05, 3.63) is 89.5 Å². The lowest BCUT2D eigenvalue weighted by Crippen LogP contribution is -2.61. The maximum absolute atomic E-state index is 14.4. The standard InChI is InChI=1S/C47H66N8O11S/c1-5-27(2)40(55-41(59)35(49)21-23-67-4)46(64)54-39(26-31-13-19-34(58)20-14-31)44(62)51-36(8-6-7-22-48)42(60)52-38(25-30-11-17-33(57)18-12-30)45(63)53-37(43(61)50-28(3)47(65)66)24-29-9-15-32(56)16-10-29/h9-20,27-28,35-40,56-58H,5-8,21-26,48-49H2,1-4H3,(H,50,61)(H,51,62)(H,52,60)(H,53,63)(H,54,64)(H,55,59)(H,65,66)/t27-,28-,35-,36-,37-,38-,39-,40-/m0/s1. The summed E-state index contributed by atoms with van der Waals surface area (Å²) >= 11 is 1.52. The van der Waals surface area contributed by atoms with Crippen molar-refractivity contribution in [1.82, 2.24) is 31.9 Å². The number of phenols is 3. The summed E-state index contributed by atoms with van der Waals surface area (Å²) in [6.45, 7) is 5.13. The Morgan fingerprint density at radius 1 is 0.552 bits per heavy atom. The van der Waals surface area contributed by atoms with Gasteiger partial charge in [-0.1, -0.05) is 56.7 Å². The van der Waals surface area contributed by atoms with Crippen LogP contribution in [0, 0.1) is 5.92 Å². The Labute approximate surface area is 395 Å². The molecule has 0 heterocycles. The molecule has 0 aliphatic heterocycles. The molecule has 3 aromatic carbocycles. The molecule has 0 bridgehead atoms. The van der Waals surface area contributed by atoms with E-state index in [1.165, 1.54) is 79.3 Å². The molecule has 0 saturated carbocycles. The highest BCUT2D eigenvalue weighted by Crippen LogP contribution is 2.17. The maximum atomic E-state index is 14.4. The summed E-state index contributed by atoms with van der Waals surface area (Å²) in [4.78, 5) is 95.4. The normalized spacial score (nSPS) is 14.7. The first-order valence-electron chi connectivity index (χ1n) is 22.2. The van der Waals surface area contributed by atoms with Crippen LogP contribution in [0.25, 0.3) is 0 Å². The second-order valence-corrected chi connectivity index (χ2v) is 17.5. The van der Waals surface area contributed by atoms with Crippen LogP contribution in [0.4, 0.5) is 0 Å². The molecule has 0 unspecified atom stereocenters. The predicted octanol–water partition coefficient (Wildman–Crippen LogP) is 1.10. The van der Waals surface area contributed by atoms with Crippen LogP contribution in [0.3, 0.4) is 0 Å². The number of carboxylic acid groups (broad SMARTS) is 1. The van der Waals surface area contributed by atoms with Gasteiger partial charge in [0.15, 0.2) is 0 Å². The fraction of sp³-hybridized carbons (Fsp3) is 0.468. The zero-order chi connectivity index (χ0) is 49.6. The van der Waals surface area contributed by atoms with Crippen LogP contribution in [-0.2, 0) is 52.8 Å². The number of amides is 6. The van der Waals surface area contributed by atoms with Gasteiger partial charge in [-0.15, -0.1) is 0 Å². The number of aromatic hydroxyl groups is 3. The van der Waals surface area contributed by atoms with Gasteiger partial charge in [-0.2, -0.15) is 11.8 Å². The molecule has 3 aromatic rings. The van der Waals surface area contributed by atoms with Gasteiger partial charge in [0, 0.05) is 19.3 Å². The number of thioether (sulfide) groups is 1. The number of hydrogen-bond donors (Lipinski definition) is 12. The number of hydrogen-bond acceptors (Lipinski definition) is 13. The molecular formula is C47H66N8O11S. The van der Waals surface area contributed by atoms with Gasteiger partial charge in [0.05, 0.1) is 6.04 Å². The maximum Gasteiger partial charge on any atom is 0.325 e. The summed E-state index contributed by atoms with van der Waals surface area (Å²) in [5.41, 5.74) is 13.5. The number of unbranched alkanes of at least 4 members (excludes halogenated alkanes) is 1. The van der Waals surface area contributed by atoms with Gasteiger partial charge in [-0.25, -0.2) is 0 Å². The summed E-state index contributed by atoms with van der Waals surface area (Å²) < 4.78 is 0. The van der Waals surface area contributed by atoms with Crippen LogP contribution in [0.5, 0.6) is 17.2 Å². The Hall–Kier alpha value is -6.38. The minimum atomic E-state index is -1.41. The monoisotopic (exact) mass is 950 g/mol. The highest BCUT2D eigenvalue weighted by Gasteiger charge is 2.35. The van der Waals surface area contributed by atoms with Crippen LogP contribution in [0.1, 0.15) is 69.6 Å². The average Bonchev–Trinajstić information content (AvgIpc) is 3.30. The van der Waals surface area contributed by atoms with Crippen molar-refractivity contribution in [3.8, 4) is 17.2 Å². The van der Waals surface area contributed by atoms with Gasteiger partial charge < -0.3 is 63.8 Å². The first-order chi connectivity index (χ1) is 31.8. The Balaban J connectivity index is 1.99. The molecule has 19 nitrogen and oxygen atoms in total. The molecule has 3 rings (SSSR count). The van der Waals surface area contributed by atoms with Crippen LogP contribution in [0.15, 0.2) is 72.8 Å². The molecule has 0 aliphatic carbocycles. The van der Waals surface area contributed by atoms with Gasteiger partial charge in [-0.05, 0) is 110 Å². The first-order valence-corrected chi connectivity index (χ1v) is 23.6. The van der Waals surface area contributed by atoms with E-state index in [-0.39, 0.29) is 55.4 Å². The first kappa shape index (κ1) is 55.0. The second-order valence-electron chi connectivity index (χ2n) is 16.5. The lowest BCUT2D eigenvalue weighted by molar-refractivity contribution is -0.141. The summed E-state index contributed by atoms with van der Waals surface area (Å²) in [5, 5.41) is 55.2. The third kappa shape index (κ3) is 18.8. The molecule has 0 spiro atoms. The van der Waals surface area contributed by atoms with E-state index in [0.717, 1.165) is 0 Å². The largest absolute Gasteiger partial charge is 0.508 e. The van der Waals surface area contributed by atoms with E-state index < -0.39 is 83.7 Å². The van der Waals surface area contributed by atoms with Crippen molar-refractivity contribution in [2.24, 2.45) is 17.4 Å². The van der Waals surface area contributed by atoms with E-state index in [2.05, 4.69) is 31.9 Å². The smallest absolute Gasteiger partial charge is 0.325 e. The summed E-state index contributed by atoms with van der Waals surface area (Å²) in [6.07, 6.45) is 3.20. The Morgan fingerprint density at radius 3 is 1.33 bits per heavy atom. The van der Waals surface area contributed by atoms with Crippen molar-refractivity contribution < 1.29 is 54.0 Å². The Morgan fingerprint density at radius 2 is 0.940 bits per heavy atom. The minimum absolute atomic E-state index is 0.0317. The lowest BCUT2D eigenvalue weighted by Gasteiger charge is -2.29. The minimum Gasteiger partial charge on any atom is -0.508 e. The molecule has 0 radical (unpaired) electrons. The number of nitrogens with two attached hydrogens (primary N) is 2. The predicted molar refractivity (Wildman–Crippen MR) is 254 cm³/mol. The van der Waals surface area contributed by atoms with E-state index in [0.29, 0.717) is 48.1 Å². The molecule has 67 heavy (non-hydrogen) atoms. The van der Waals surface area contributed by atoms with E-state index in [4.69, 9.17) is 11.5 Å². The number of carboxylic acids is 1. The molecule has 0 aliphatic rings. The Kier molecular flexibility index (Phi) is 22.9. The van der Waals surface area contributed by atoms with Crippen LogP contribution in [-0.4, -0.2) is 123 Å². The SMILES string of the molecule is CC[C@H](C)[C@H](NC(=O)[C@@H](N)CCSC)C(=O)N[C@@H](Cc1ccc(O)cc1)C(=O)N[C@@H](CCCCN)C(=O)N[C@@H](Cc1ccc(O)cc1)C(=O)N[C@@H](Cc1ccc(O)cc1)C(=O)N[C@@H](C)C(=O)O. The summed E-state index contributed by atoms with van der Waals surface area (Å²) in [5.74, 6) is -5.69. The molecule has 14 N–H and O–H groups in total. The van der Waals surface area contributed by atoms with Gasteiger partial charge >= 0.3 is 5.97 Å². The second kappa shape index (κ2) is 27.9. The van der Waals surface area contributed by atoms with Crippen molar-refractivity contribution in [2.75, 3.05) is 18.6 Å². The molecule has 6 amide bonds. The lowest BCUT2D eigenvalue weighted by atomic mass is 9.96. The van der Waals surface area contributed by atoms with Crippen LogP contribution >= 0.6 is 11.8 Å². The molecule has 0 fully saturated rings. The number of nitrogens with one attached hydrogen (secondary N) is 6. The average molecular weight is 951 g/mol. The highest BCUT2D eigenvalue weighted by molar-refractivity contribution is 7.98. The molecule has 0 saturated heterocycles. The third-order valence-electron chi connectivity index (χ3n) is 11.1. The van der Waals surface area contributed by atoms with Gasteiger partial charge in [0.25, 0.3) is 0 Å². The van der Waals surface area contributed by atoms with E-state index >= 15 is 0 Å². The zero-order valence-electron chi connectivity index (χ0n) is 38.3. The summed E-state index contributed by atoms with van der Waals surface area (Å²) in [6, 6.07) is 8.91. The van der Waals surface area contributed by atoms with Gasteiger partial charge in [-0.3, -0.25) is 33.6 Å². The third-order valence-corrected chi connectivity index (χ3v) is 11.7. The number of aliphatic carboxylic acids is 1. The summed E-state index contributed by atoms with van der Waals surface area (Å²) in [7, 11) is 0. The topological polar surface area (TPSA) is 325 Å². The molecule has 0 aromatic heterocycles. The van der Waals surface area contributed by atoms with E-state index in [9.17, 15) is 54.0 Å². The van der Waals surface area contributed by atoms with E-state index in [1.807, 2.05) is 13.2 Å². The van der Waals surface area contributed by atoms with Gasteiger partial charge in [0.1, 0.15) is 53.5 Å². The van der Waals surface area contributed by atoms with Gasteiger partial charge in [0.2, 0.25) is 35.4 Å². The van der Waals surface area contributed by atoms with Crippen molar-refractivity contribution in [1.29, 1.82) is 0 Å². The number of carbonyl (C=O) groups is 7. The number of rotatable bonds is 28. The number of carbonyl (C=O) groups excluding carboxylic acids is 6. The van der Waals surface area contributed by atoms with E-state index in [1.54, 1.807) is 19.1 Å². The number of phenolic OH excluding ortho intramolecular Hbond substituents is 3. The fourth-order valence-electron chi connectivity index (χ4n) is 6.78. The molecule has 8 atom stereocenters. The van der Waals surface area contributed by atoms with Crippen molar-refractivity contribution in [3.63, 3.8) is 0 Å². The molecule has 366 valence electrons. The van der Waals surface area contributed by atoms with Crippen LogP contribution < -0.4 is 43.4 Å². The number of benzene rings is 3. The zero-order valence-corrected chi connectivity index (χ0v) is 39.1. The highest BCUT2D eigenvalue weighted by atomic mass is 32.2. The molecule has 20 heteroatoms. The fourth-order valence-corrected chi connectivity index (χ4v) is 7.27.